The molecule has 4 N–H and O–H groups in total. The molecule has 296 valence electrons. The molecule has 5 atom stereocenters. The fourth-order valence-electron chi connectivity index (χ4n) is 7.72. The normalized spacial score (nSPS) is 28.4. The van der Waals surface area contributed by atoms with Gasteiger partial charge in [-0.3, -0.25) is 28.7 Å². The Labute approximate surface area is 320 Å². The summed E-state index contributed by atoms with van der Waals surface area (Å²) >= 11 is 0. The molecule has 0 bridgehead atoms. The number of amides is 4. The first-order valence-electron chi connectivity index (χ1n) is 19.0. The topological polar surface area (TPSA) is 175 Å². The molecule has 0 radical (unpaired) electrons. The predicted molar refractivity (Wildman–Crippen MR) is 200 cm³/mol. The molecule has 2 aliphatic carbocycles. The van der Waals surface area contributed by atoms with Crippen molar-refractivity contribution < 1.29 is 41.6 Å². The van der Waals surface area contributed by atoms with E-state index in [9.17, 15) is 32.0 Å². The van der Waals surface area contributed by atoms with Gasteiger partial charge in [0.1, 0.15) is 23.4 Å². The van der Waals surface area contributed by atoms with E-state index < -0.39 is 56.2 Å². The molecule has 14 nitrogen and oxygen atoms in total. The number of rotatable bonds is 10. The molecule has 5 aliphatic rings. The summed E-state index contributed by atoms with van der Waals surface area (Å²) in [6.45, 7) is 2.04. The average molecular weight is 781 g/mol. The van der Waals surface area contributed by atoms with Crippen LogP contribution in [0.3, 0.4) is 0 Å². The number of fused-ring (bicyclic) bond motifs is 3. The minimum absolute atomic E-state index is 0.0425. The number of hydrogen-bond donors (Lipinski definition) is 4. The van der Waals surface area contributed by atoms with Gasteiger partial charge in [-0.25, -0.2) is 12.8 Å². The van der Waals surface area contributed by atoms with E-state index in [0.29, 0.717) is 55.5 Å². The molecule has 3 heterocycles. The number of nitrogens with one attached hydrogen (secondary N) is 4. The van der Waals surface area contributed by atoms with Crippen LogP contribution >= 0.6 is 0 Å². The van der Waals surface area contributed by atoms with Gasteiger partial charge in [-0.1, -0.05) is 43.2 Å². The van der Waals surface area contributed by atoms with Crippen LogP contribution in [0.15, 0.2) is 54.6 Å². The molecular formula is C39H49FN6O8S. The fraction of sp³-hybridized carbons (Fsp3) is 0.538. The number of carbonyl (C=O) groups is 4. The minimum Gasteiger partial charge on any atom is -0.374 e. The van der Waals surface area contributed by atoms with Crippen molar-refractivity contribution in [2.24, 2.45) is 5.92 Å². The first kappa shape index (κ1) is 38.9. The summed E-state index contributed by atoms with van der Waals surface area (Å²) in [4.78, 5) is 62.4. The SMILES string of the molecule is CNC(=O)c1cccc(N[C@H]2CCCCC/C=C\[C@H]3C[C@@]3(C(=O)NS(=O)(=O)C3(C)CC3)NC(=O)[C@@H]3C[C@@H](OCON4Cc5cccc(F)c5C4)CN3C2=O)c1. The molecule has 0 spiro atoms. The number of sulfonamides is 1. The minimum atomic E-state index is -3.98. The number of anilines is 1. The van der Waals surface area contributed by atoms with Crippen LogP contribution in [0, 0.1) is 11.7 Å². The van der Waals surface area contributed by atoms with Crippen molar-refractivity contribution in [2.75, 3.05) is 25.7 Å². The van der Waals surface area contributed by atoms with Gasteiger partial charge in [0, 0.05) is 42.7 Å². The lowest BCUT2D eigenvalue weighted by molar-refractivity contribution is -0.239. The van der Waals surface area contributed by atoms with Gasteiger partial charge < -0.3 is 25.6 Å². The second-order valence-corrected chi connectivity index (χ2v) is 17.7. The van der Waals surface area contributed by atoms with Crippen molar-refractivity contribution in [1.29, 1.82) is 0 Å². The van der Waals surface area contributed by atoms with E-state index in [1.807, 2.05) is 18.2 Å². The number of carbonyl (C=O) groups excluding carboxylic acids is 4. The van der Waals surface area contributed by atoms with Crippen LogP contribution < -0.4 is 20.7 Å². The highest BCUT2D eigenvalue weighted by molar-refractivity contribution is 7.91. The molecule has 7 rings (SSSR count). The number of ether oxygens (including phenoxy) is 1. The van der Waals surface area contributed by atoms with Gasteiger partial charge in [0.25, 0.3) is 11.8 Å². The van der Waals surface area contributed by atoms with Crippen LogP contribution in [0.5, 0.6) is 0 Å². The predicted octanol–water partition coefficient (Wildman–Crippen LogP) is 3.25. The molecule has 3 aliphatic heterocycles. The van der Waals surface area contributed by atoms with Crippen LogP contribution in [0.1, 0.15) is 86.2 Å². The maximum absolute atomic E-state index is 14.6. The summed E-state index contributed by atoms with van der Waals surface area (Å²) in [5, 5.41) is 10.4. The van der Waals surface area contributed by atoms with Gasteiger partial charge in [-0.05, 0) is 75.3 Å². The second-order valence-electron chi connectivity index (χ2n) is 15.5. The summed E-state index contributed by atoms with van der Waals surface area (Å²) in [6.07, 6.45) is 7.89. The largest absolute Gasteiger partial charge is 0.374 e. The van der Waals surface area contributed by atoms with Gasteiger partial charge in [0.2, 0.25) is 21.8 Å². The van der Waals surface area contributed by atoms with Crippen molar-refractivity contribution in [1.82, 2.24) is 25.3 Å². The number of hydrogen-bond acceptors (Lipinski definition) is 10. The Bertz CT molecular complexity index is 1970. The van der Waals surface area contributed by atoms with Gasteiger partial charge in [-0.2, -0.15) is 5.06 Å². The van der Waals surface area contributed by atoms with Crippen LogP contribution in [0.2, 0.25) is 0 Å². The Morgan fingerprint density at radius 2 is 1.87 bits per heavy atom. The molecule has 55 heavy (non-hydrogen) atoms. The molecule has 0 unspecified atom stereocenters. The molecule has 1 saturated heterocycles. The van der Waals surface area contributed by atoms with E-state index in [-0.39, 0.29) is 50.4 Å². The first-order valence-corrected chi connectivity index (χ1v) is 20.5. The zero-order valence-electron chi connectivity index (χ0n) is 31.1. The number of allylic oxidation sites excluding steroid dienone is 1. The van der Waals surface area contributed by atoms with Crippen LogP contribution in [0.4, 0.5) is 10.1 Å². The third kappa shape index (κ3) is 8.27. The van der Waals surface area contributed by atoms with Gasteiger partial charge >= 0.3 is 0 Å². The monoisotopic (exact) mass is 780 g/mol. The lowest BCUT2D eigenvalue weighted by Crippen LogP contribution is -2.58. The number of benzene rings is 2. The van der Waals surface area contributed by atoms with Gasteiger partial charge in [0.05, 0.1) is 23.9 Å². The Balaban J connectivity index is 1.12. The standard InChI is InChI=1S/C39H49FN6O8S/c1-38(16-17-38)55(51,52)44-37(50)39-20-27(39)12-6-4-3-5-7-15-32(42-28-13-8-10-25(18-28)34(47)41-2)36(49)46-22-29(19-33(46)35(48)43-39)53-24-54-45-21-26-11-9-14-31(40)30(26)23-45/h6,8-14,18,27,29,32-33,42H,3-5,7,15-17,19-24H2,1-2H3,(H,41,47)(H,43,48)(H,44,50)/b12-6-/t27-,29+,32-,33-,39+/m0/s1. The molecule has 2 aromatic carbocycles. The van der Waals surface area contributed by atoms with E-state index in [0.717, 1.165) is 18.4 Å². The number of nitrogens with zero attached hydrogens (tertiary/aromatic N) is 2. The Hall–Kier alpha value is -4.38. The quantitative estimate of drug-likeness (QED) is 0.207. The highest BCUT2D eigenvalue weighted by Crippen LogP contribution is 2.47. The summed E-state index contributed by atoms with van der Waals surface area (Å²) in [7, 11) is -2.44. The van der Waals surface area contributed by atoms with E-state index >= 15 is 0 Å². The Morgan fingerprint density at radius 1 is 1.07 bits per heavy atom. The van der Waals surface area contributed by atoms with Crippen molar-refractivity contribution >= 4 is 39.3 Å². The van der Waals surface area contributed by atoms with Crippen LogP contribution in [-0.2, 0) is 47.1 Å². The lowest BCUT2D eigenvalue weighted by atomic mass is 10.0. The van der Waals surface area contributed by atoms with E-state index in [1.165, 1.54) is 18.0 Å². The Kier molecular flexibility index (Phi) is 11.1. The fourth-order valence-corrected chi connectivity index (χ4v) is 9.03. The van der Waals surface area contributed by atoms with E-state index in [2.05, 4.69) is 20.7 Å². The van der Waals surface area contributed by atoms with Gasteiger partial charge in [-0.15, -0.1) is 0 Å². The molecule has 0 aromatic heterocycles. The second kappa shape index (κ2) is 15.6. The zero-order chi connectivity index (χ0) is 39.0. The lowest BCUT2D eigenvalue weighted by Gasteiger charge is -2.30. The zero-order valence-corrected chi connectivity index (χ0v) is 32.0. The van der Waals surface area contributed by atoms with Crippen molar-refractivity contribution in [3.05, 3.63) is 77.1 Å². The highest BCUT2D eigenvalue weighted by Gasteiger charge is 2.63. The Morgan fingerprint density at radius 3 is 2.64 bits per heavy atom. The third-order valence-corrected chi connectivity index (χ3v) is 13.8. The number of hydroxylamine groups is 2. The maximum atomic E-state index is 14.6. The summed E-state index contributed by atoms with van der Waals surface area (Å²) < 4.78 is 47.9. The van der Waals surface area contributed by atoms with Crippen LogP contribution in [-0.4, -0.2) is 90.9 Å². The highest BCUT2D eigenvalue weighted by atomic mass is 32.2. The van der Waals surface area contributed by atoms with Gasteiger partial charge in [0.15, 0.2) is 6.79 Å². The first-order chi connectivity index (χ1) is 26.3. The van der Waals surface area contributed by atoms with Crippen LogP contribution in [0.25, 0.3) is 0 Å². The number of halogens is 1. The smallest absolute Gasteiger partial charge is 0.259 e. The average Bonchev–Trinajstić information content (AvgIpc) is 3.96. The summed E-state index contributed by atoms with van der Waals surface area (Å²) in [6, 6.07) is 9.90. The maximum Gasteiger partial charge on any atom is 0.259 e. The molecular weight excluding hydrogens is 732 g/mol. The van der Waals surface area contributed by atoms with Crippen molar-refractivity contribution in [2.45, 2.75) is 106 Å². The summed E-state index contributed by atoms with van der Waals surface area (Å²) in [5.41, 5.74) is 0.854. The van der Waals surface area contributed by atoms with Crippen molar-refractivity contribution in [3.63, 3.8) is 0 Å². The van der Waals surface area contributed by atoms with Crippen molar-refractivity contribution in [3.8, 4) is 0 Å². The van der Waals surface area contributed by atoms with E-state index in [4.69, 9.17) is 9.57 Å². The van der Waals surface area contributed by atoms with E-state index in [1.54, 1.807) is 42.3 Å². The molecule has 3 fully saturated rings. The summed E-state index contributed by atoms with van der Waals surface area (Å²) in [5.74, 6) is -2.75. The third-order valence-electron chi connectivity index (χ3n) is 11.6. The molecule has 16 heteroatoms. The molecule has 4 amide bonds. The molecule has 2 aromatic rings. The molecule has 2 saturated carbocycles.